The maximum absolute atomic E-state index is 12.7. The lowest BCUT2D eigenvalue weighted by atomic mass is 10.1. The van der Waals surface area contributed by atoms with Crippen LogP contribution in [0.5, 0.6) is 0 Å². The molecule has 1 atom stereocenters. The first-order valence-electron chi connectivity index (χ1n) is 8.22. The van der Waals surface area contributed by atoms with Gasteiger partial charge >= 0.3 is 6.18 Å². The number of anilines is 1. The molecule has 0 spiro atoms. The van der Waals surface area contributed by atoms with E-state index in [1.54, 1.807) is 16.3 Å². The van der Waals surface area contributed by atoms with Crippen molar-refractivity contribution in [1.82, 2.24) is 4.90 Å². The Balaban J connectivity index is 1.79. The molecule has 1 aromatic carbocycles. The largest absolute Gasteiger partial charge is 0.416 e. The van der Waals surface area contributed by atoms with E-state index < -0.39 is 18.8 Å². The molecule has 1 N–H and O–H groups in total. The highest BCUT2D eigenvalue weighted by atomic mass is 32.1. The first kappa shape index (κ1) is 18.7. The highest BCUT2D eigenvalue weighted by Crippen LogP contribution is 2.32. The lowest BCUT2D eigenvalue weighted by Gasteiger charge is -2.33. The molecule has 4 nitrogen and oxygen atoms in total. The summed E-state index contributed by atoms with van der Waals surface area (Å²) < 4.78 is 38.2. The number of carbonyl (C=O) groups excluding carboxylic acids is 1. The molecule has 0 saturated carbocycles. The number of nitrogens with zero attached hydrogens (tertiary/aromatic N) is 2. The van der Waals surface area contributed by atoms with E-state index in [-0.39, 0.29) is 18.9 Å². The van der Waals surface area contributed by atoms with Crippen molar-refractivity contribution in [2.24, 2.45) is 0 Å². The third kappa shape index (κ3) is 4.37. The van der Waals surface area contributed by atoms with Crippen molar-refractivity contribution in [1.29, 1.82) is 0 Å². The number of fused-ring (bicyclic) bond motifs is 1. The van der Waals surface area contributed by atoms with Gasteiger partial charge in [0.2, 0.25) is 5.91 Å². The topological polar surface area (TPSA) is 43.8 Å². The van der Waals surface area contributed by atoms with Crippen LogP contribution in [0.15, 0.2) is 41.8 Å². The lowest BCUT2D eigenvalue weighted by molar-refractivity contribution is -0.200. The summed E-state index contributed by atoms with van der Waals surface area (Å²) in [6.07, 6.45) is -7.01. The van der Waals surface area contributed by atoms with Crippen molar-refractivity contribution in [3.63, 3.8) is 0 Å². The Hall–Kier alpha value is -2.06. The molecule has 1 unspecified atom stereocenters. The number of carbonyl (C=O) groups is 1. The Morgan fingerprint density at radius 3 is 2.58 bits per heavy atom. The SMILES string of the molecule is O=C1CCN(CC(O)C(F)(F)F)c2ccsc2CN1Cc1ccccc1. The molecule has 1 aliphatic rings. The Bertz CT molecular complexity index is 748. The van der Waals surface area contributed by atoms with E-state index in [1.807, 2.05) is 30.3 Å². The molecule has 140 valence electrons. The fourth-order valence-corrected chi connectivity index (χ4v) is 3.86. The maximum atomic E-state index is 12.7. The highest BCUT2D eigenvalue weighted by molar-refractivity contribution is 7.10. The number of hydrogen-bond acceptors (Lipinski definition) is 4. The quantitative estimate of drug-likeness (QED) is 0.879. The van der Waals surface area contributed by atoms with Crippen LogP contribution in [0, 0.1) is 0 Å². The second kappa shape index (κ2) is 7.67. The fraction of sp³-hybridized carbons (Fsp3) is 0.389. The summed E-state index contributed by atoms with van der Waals surface area (Å²) in [5, 5.41) is 11.2. The van der Waals surface area contributed by atoms with Gasteiger partial charge in [-0.05, 0) is 17.0 Å². The van der Waals surface area contributed by atoms with Gasteiger partial charge < -0.3 is 14.9 Å². The number of β-amino-alcohol motifs (C(OH)–C–C–N with tert-alkyl or cyclic N) is 1. The average molecular weight is 384 g/mol. The van der Waals surface area contributed by atoms with E-state index in [0.29, 0.717) is 18.8 Å². The molecule has 0 radical (unpaired) electrons. The van der Waals surface area contributed by atoms with E-state index in [2.05, 4.69) is 0 Å². The summed E-state index contributed by atoms with van der Waals surface area (Å²) >= 11 is 1.40. The van der Waals surface area contributed by atoms with Crippen LogP contribution in [0.1, 0.15) is 16.9 Å². The average Bonchev–Trinajstić information content (AvgIpc) is 3.04. The molecule has 1 amide bonds. The van der Waals surface area contributed by atoms with E-state index in [9.17, 15) is 23.1 Å². The monoisotopic (exact) mass is 384 g/mol. The van der Waals surface area contributed by atoms with Crippen molar-refractivity contribution in [3.8, 4) is 0 Å². The number of amides is 1. The smallest absolute Gasteiger partial charge is 0.382 e. The molecule has 0 aliphatic carbocycles. The standard InChI is InChI=1S/C18H19F3N2O2S/c19-18(20,21)16(24)12-22-8-6-17(25)23(10-13-4-2-1-3-5-13)11-15-14(22)7-9-26-15/h1-5,7,9,16,24H,6,8,10-12H2. The van der Waals surface area contributed by atoms with E-state index >= 15 is 0 Å². The molecule has 2 aromatic rings. The number of benzene rings is 1. The predicted octanol–water partition coefficient (Wildman–Crippen LogP) is 3.41. The Kier molecular flexibility index (Phi) is 5.52. The minimum absolute atomic E-state index is 0.104. The van der Waals surface area contributed by atoms with Crippen molar-refractivity contribution >= 4 is 22.9 Å². The summed E-state index contributed by atoms with van der Waals surface area (Å²) in [6.45, 7) is 0.377. The van der Waals surface area contributed by atoms with Crippen molar-refractivity contribution in [2.75, 3.05) is 18.0 Å². The number of alkyl halides is 3. The highest BCUT2D eigenvalue weighted by Gasteiger charge is 2.40. The first-order chi connectivity index (χ1) is 12.3. The van der Waals surface area contributed by atoms with Crippen LogP contribution >= 0.6 is 11.3 Å². The molecule has 3 rings (SSSR count). The van der Waals surface area contributed by atoms with Crippen LogP contribution in [0.4, 0.5) is 18.9 Å². The van der Waals surface area contributed by atoms with E-state index in [4.69, 9.17) is 0 Å². The number of hydrogen-bond donors (Lipinski definition) is 1. The number of rotatable bonds is 4. The number of aliphatic hydroxyl groups is 1. The predicted molar refractivity (Wildman–Crippen MR) is 93.9 cm³/mol. The Labute approximate surface area is 153 Å². The van der Waals surface area contributed by atoms with Crippen molar-refractivity contribution in [2.45, 2.75) is 31.8 Å². The molecular formula is C18H19F3N2O2S. The second-order valence-corrected chi connectivity index (χ2v) is 7.22. The Morgan fingerprint density at radius 1 is 1.15 bits per heavy atom. The molecular weight excluding hydrogens is 365 g/mol. The molecule has 0 bridgehead atoms. The third-order valence-corrected chi connectivity index (χ3v) is 5.23. The van der Waals surface area contributed by atoms with Crippen molar-refractivity contribution < 1.29 is 23.1 Å². The molecule has 8 heteroatoms. The van der Waals surface area contributed by atoms with Gasteiger partial charge in [0.25, 0.3) is 0 Å². The van der Waals surface area contributed by atoms with Crippen LogP contribution in [0.3, 0.4) is 0 Å². The van der Waals surface area contributed by atoms with Crippen LogP contribution < -0.4 is 4.90 Å². The zero-order valence-corrected chi connectivity index (χ0v) is 14.8. The van der Waals surface area contributed by atoms with Gasteiger partial charge in [0, 0.05) is 24.4 Å². The van der Waals surface area contributed by atoms with E-state index in [0.717, 1.165) is 10.4 Å². The van der Waals surface area contributed by atoms with Gasteiger partial charge in [-0.1, -0.05) is 30.3 Å². The zero-order chi connectivity index (χ0) is 18.7. The van der Waals surface area contributed by atoms with Crippen LogP contribution in [-0.4, -0.2) is 41.3 Å². The van der Waals surface area contributed by atoms with Crippen LogP contribution in [0.25, 0.3) is 0 Å². The molecule has 26 heavy (non-hydrogen) atoms. The number of aliphatic hydroxyl groups excluding tert-OH is 1. The van der Waals surface area contributed by atoms with Gasteiger partial charge in [-0.2, -0.15) is 13.2 Å². The van der Waals surface area contributed by atoms with Gasteiger partial charge in [-0.15, -0.1) is 11.3 Å². The Morgan fingerprint density at radius 2 is 1.88 bits per heavy atom. The normalized spacial score (nSPS) is 16.8. The molecule has 0 saturated heterocycles. The van der Waals surface area contributed by atoms with Gasteiger partial charge in [0.1, 0.15) is 0 Å². The third-order valence-electron chi connectivity index (χ3n) is 4.33. The minimum atomic E-state index is -4.68. The summed E-state index contributed by atoms with van der Waals surface area (Å²) in [4.78, 5) is 16.6. The van der Waals surface area contributed by atoms with Gasteiger partial charge in [-0.25, -0.2) is 0 Å². The molecule has 2 heterocycles. The van der Waals surface area contributed by atoms with Crippen molar-refractivity contribution in [3.05, 3.63) is 52.2 Å². The molecule has 0 fully saturated rings. The van der Waals surface area contributed by atoms with Gasteiger partial charge in [0.15, 0.2) is 6.10 Å². The number of thiophene rings is 1. The van der Waals surface area contributed by atoms with E-state index in [1.165, 1.54) is 16.2 Å². The summed E-state index contributed by atoms with van der Waals surface area (Å²) in [5.41, 5.74) is 1.66. The zero-order valence-electron chi connectivity index (χ0n) is 13.9. The first-order valence-corrected chi connectivity index (χ1v) is 9.10. The minimum Gasteiger partial charge on any atom is -0.382 e. The second-order valence-electron chi connectivity index (χ2n) is 6.22. The summed E-state index contributed by atoms with van der Waals surface area (Å²) in [5.74, 6) is -0.112. The fourth-order valence-electron chi connectivity index (χ4n) is 2.95. The maximum Gasteiger partial charge on any atom is 0.416 e. The van der Waals surface area contributed by atoms with Gasteiger partial charge in [0.05, 0.1) is 18.8 Å². The summed E-state index contributed by atoms with van der Waals surface area (Å²) in [7, 11) is 0. The molecule has 1 aromatic heterocycles. The lowest BCUT2D eigenvalue weighted by Crippen LogP contribution is -2.44. The van der Waals surface area contributed by atoms with Crippen LogP contribution in [0.2, 0.25) is 0 Å². The summed E-state index contributed by atoms with van der Waals surface area (Å²) in [6, 6.07) is 11.3. The number of halogens is 3. The van der Waals surface area contributed by atoms with Crippen LogP contribution in [-0.2, 0) is 17.9 Å². The molecule has 1 aliphatic heterocycles. The van der Waals surface area contributed by atoms with Gasteiger partial charge in [-0.3, -0.25) is 4.79 Å².